The van der Waals surface area contributed by atoms with Crippen LogP contribution in [0.4, 0.5) is 0 Å². The third-order valence-electron chi connectivity index (χ3n) is 5.43. The maximum atomic E-state index is 12.8. The second-order valence-corrected chi connectivity index (χ2v) is 7.77. The summed E-state index contributed by atoms with van der Waals surface area (Å²) < 4.78 is 5.88. The minimum Gasteiger partial charge on any atom is -0.493 e. The van der Waals surface area contributed by atoms with Crippen LogP contribution >= 0.6 is 0 Å². The van der Waals surface area contributed by atoms with Crippen molar-refractivity contribution in [2.45, 2.75) is 39.0 Å². The number of aromatic nitrogens is 2. The lowest BCUT2D eigenvalue weighted by Gasteiger charge is -2.12. The van der Waals surface area contributed by atoms with Crippen molar-refractivity contribution < 1.29 is 4.74 Å². The van der Waals surface area contributed by atoms with Gasteiger partial charge in [-0.05, 0) is 61.4 Å². The Morgan fingerprint density at radius 1 is 0.871 bits per heavy atom. The Hall–Kier alpha value is -3.40. The van der Waals surface area contributed by atoms with Gasteiger partial charge in [0.2, 0.25) is 0 Å². The van der Waals surface area contributed by atoms with Crippen LogP contribution in [0.15, 0.2) is 77.6 Å². The van der Waals surface area contributed by atoms with Crippen LogP contribution in [0.1, 0.15) is 37.3 Å². The molecule has 0 aliphatic carbocycles. The van der Waals surface area contributed by atoms with E-state index in [1.165, 1.54) is 5.56 Å². The van der Waals surface area contributed by atoms with Gasteiger partial charge in [0.1, 0.15) is 11.6 Å². The Bertz CT molecular complexity index is 1200. The maximum Gasteiger partial charge on any atom is 0.259 e. The summed E-state index contributed by atoms with van der Waals surface area (Å²) in [5, 5.41) is 0.635. The molecule has 0 unspecified atom stereocenters. The van der Waals surface area contributed by atoms with Crippen LogP contribution in [0, 0.1) is 0 Å². The molecule has 4 rings (SSSR count). The van der Waals surface area contributed by atoms with E-state index < -0.39 is 0 Å². The monoisotopic (exact) mass is 412 g/mol. The van der Waals surface area contributed by atoms with Crippen molar-refractivity contribution in [2.75, 3.05) is 6.61 Å². The van der Waals surface area contributed by atoms with Crippen molar-refractivity contribution in [3.63, 3.8) is 0 Å². The summed E-state index contributed by atoms with van der Waals surface area (Å²) in [5.41, 5.74) is 3.96. The molecular formula is C27H28N2O2. The van der Waals surface area contributed by atoms with E-state index in [0.29, 0.717) is 17.8 Å². The molecule has 0 spiro atoms. The van der Waals surface area contributed by atoms with Crippen molar-refractivity contribution in [3.05, 3.63) is 94.3 Å². The Balaban J connectivity index is 1.60. The molecule has 0 saturated carbocycles. The van der Waals surface area contributed by atoms with Crippen LogP contribution in [0.3, 0.4) is 0 Å². The van der Waals surface area contributed by atoms with Crippen molar-refractivity contribution in [2.24, 2.45) is 0 Å². The zero-order valence-electron chi connectivity index (χ0n) is 17.9. The lowest BCUT2D eigenvalue weighted by molar-refractivity contribution is 0.318. The van der Waals surface area contributed by atoms with Gasteiger partial charge in [0.25, 0.3) is 5.56 Å². The molecule has 0 aliphatic heterocycles. The maximum absolute atomic E-state index is 12.8. The number of aromatic amines is 1. The number of nitrogens with zero attached hydrogens (tertiary/aromatic N) is 1. The van der Waals surface area contributed by atoms with E-state index >= 15 is 0 Å². The van der Waals surface area contributed by atoms with Gasteiger partial charge in [-0.15, -0.1) is 0 Å². The van der Waals surface area contributed by atoms with Crippen LogP contribution < -0.4 is 10.3 Å². The first-order valence-electron chi connectivity index (χ1n) is 11.0. The second kappa shape index (κ2) is 10.1. The fraction of sp³-hybridized carbons (Fsp3) is 0.259. The molecule has 0 radical (unpaired) electrons. The van der Waals surface area contributed by atoms with Crippen LogP contribution in [0.25, 0.3) is 22.3 Å². The number of rotatable bonds is 9. The van der Waals surface area contributed by atoms with Crippen LogP contribution in [-0.2, 0) is 12.8 Å². The van der Waals surface area contributed by atoms with Gasteiger partial charge >= 0.3 is 0 Å². The normalized spacial score (nSPS) is 11.0. The highest BCUT2D eigenvalue weighted by atomic mass is 16.5. The summed E-state index contributed by atoms with van der Waals surface area (Å²) in [5.74, 6) is 1.30. The van der Waals surface area contributed by atoms with Gasteiger partial charge in [-0.25, -0.2) is 4.98 Å². The lowest BCUT2D eigenvalue weighted by atomic mass is 10.0. The zero-order valence-corrected chi connectivity index (χ0v) is 17.9. The van der Waals surface area contributed by atoms with E-state index in [9.17, 15) is 4.79 Å². The molecular weight excluding hydrogens is 384 g/mol. The molecule has 0 fully saturated rings. The number of hydrogen-bond acceptors (Lipinski definition) is 3. The molecule has 4 aromatic rings. The second-order valence-electron chi connectivity index (χ2n) is 7.77. The molecule has 1 heterocycles. The summed E-state index contributed by atoms with van der Waals surface area (Å²) in [7, 11) is 0. The number of H-pyrrole nitrogens is 1. The summed E-state index contributed by atoms with van der Waals surface area (Å²) in [6.07, 6.45) is 5.03. The summed E-state index contributed by atoms with van der Waals surface area (Å²) in [6, 6.07) is 24.2. The Morgan fingerprint density at radius 3 is 2.48 bits per heavy atom. The third kappa shape index (κ3) is 5.02. The highest BCUT2D eigenvalue weighted by Crippen LogP contribution is 2.28. The SMILES string of the molecule is CCCOc1ccccc1-c1nc2c(CCCCc3ccccc3)cccc2c(=O)[nH]1. The van der Waals surface area contributed by atoms with Gasteiger partial charge in [0.15, 0.2) is 0 Å². The quantitative estimate of drug-likeness (QED) is 0.346. The highest BCUT2D eigenvalue weighted by Gasteiger charge is 2.13. The minimum absolute atomic E-state index is 0.114. The van der Waals surface area contributed by atoms with Gasteiger partial charge in [0.05, 0.1) is 23.1 Å². The van der Waals surface area contributed by atoms with E-state index in [1.807, 2.05) is 42.5 Å². The molecule has 1 aromatic heterocycles. The van der Waals surface area contributed by atoms with Gasteiger partial charge in [-0.3, -0.25) is 4.79 Å². The Morgan fingerprint density at radius 2 is 1.65 bits per heavy atom. The Kier molecular flexibility index (Phi) is 6.78. The van der Waals surface area contributed by atoms with Crippen LogP contribution in [-0.4, -0.2) is 16.6 Å². The molecule has 158 valence electrons. The van der Waals surface area contributed by atoms with E-state index in [2.05, 4.69) is 42.2 Å². The predicted molar refractivity (Wildman–Crippen MR) is 127 cm³/mol. The van der Waals surface area contributed by atoms with Crippen molar-refractivity contribution in [1.29, 1.82) is 0 Å². The van der Waals surface area contributed by atoms with Crippen LogP contribution in [0.2, 0.25) is 0 Å². The first-order chi connectivity index (χ1) is 15.3. The van der Waals surface area contributed by atoms with Gasteiger partial charge in [0, 0.05) is 0 Å². The Labute approximate surface area is 182 Å². The number of fused-ring (bicyclic) bond motifs is 1. The third-order valence-corrected chi connectivity index (χ3v) is 5.43. The van der Waals surface area contributed by atoms with E-state index in [0.717, 1.165) is 54.5 Å². The summed E-state index contributed by atoms with van der Waals surface area (Å²) in [6.45, 7) is 2.70. The predicted octanol–water partition coefficient (Wildman–Crippen LogP) is 5.94. The number of nitrogens with one attached hydrogen (secondary N) is 1. The molecule has 31 heavy (non-hydrogen) atoms. The van der Waals surface area contributed by atoms with E-state index in [4.69, 9.17) is 9.72 Å². The first kappa shape index (κ1) is 20.9. The topological polar surface area (TPSA) is 55.0 Å². The minimum atomic E-state index is -0.114. The van der Waals surface area contributed by atoms with Gasteiger partial charge in [-0.2, -0.15) is 0 Å². The van der Waals surface area contributed by atoms with E-state index in [-0.39, 0.29) is 5.56 Å². The summed E-state index contributed by atoms with van der Waals surface area (Å²) in [4.78, 5) is 20.7. The number of unbranched alkanes of at least 4 members (excludes halogenated alkanes) is 1. The average Bonchev–Trinajstić information content (AvgIpc) is 2.81. The van der Waals surface area contributed by atoms with E-state index in [1.54, 1.807) is 0 Å². The molecule has 0 amide bonds. The zero-order chi connectivity index (χ0) is 21.5. The number of benzene rings is 3. The fourth-order valence-electron chi connectivity index (χ4n) is 3.84. The number of ether oxygens (including phenoxy) is 1. The number of aryl methyl sites for hydroxylation is 2. The number of para-hydroxylation sites is 2. The van der Waals surface area contributed by atoms with Crippen molar-refractivity contribution >= 4 is 10.9 Å². The number of hydrogen-bond donors (Lipinski definition) is 1. The van der Waals surface area contributed by atoms with Gasteiger partial charge in [-0.1, -0.05) is 61.5 Å². The van der Waals surface area contributed by atoms with Crippen molar-refractivity contribution in [3.8, 4) is 17.1 Å². The molecule has 0 bridgehead atoms. The first-order valence-corrected chi connectivity index (χ1v) is 11.0. The van der Waals surface area contributed by atoms with Crippen molar-refractivity contribution in [1.82, 2.24) is 9.97 Å². The van der Waals surface area contributed by atoms with Gasteiger partial charge < -0.3 is 9.72 Å². The lowest BCUT2D eigenvalue weighted by Crippen LogP contribution is -2.11. The smallest absolute Gasteiger partial charge is 0.259 e. The average molecular weight is 413 g/mol. The largest absolute Gasteiger partial charge is 0.493 e. The standard InChI is InChI=1S/C27H28N2O2/c1-2-19-31-24-18-9-8-16-22(24)26-28-25-21(15-10-17-23(25)27(30)29-26)14-7-6-13-20-11-4-3-5-12-20/h3-5,8-12,15-18H,2,6-7,13-14,19H2,1H3,(H,28,29,30). The molecule has 0 saturated heterocycles. The summed E-state index contributed by atoms with van der Waals surface area (Å²) >= 11 is 0. The molecule has 0 aliphatic rings. The molecule has 4 heteroatoms. The van der Waals surface area contributed by atoms with Crippen LogP contribution in [0.5, 0.6) is 5.75 Å². The molecule has 4 nitrogen and oxygen atoms in total. The molecule has 1 N–H and O–H groups in total. The highest BCUT2D eigenvalue weighted by molar-refractivity contribution is 5.83. The fourth-order valence-corrected chi connectivity index (χ4v) is 3.84. The molecule has 0 atom stereocenters. The molecule has 3 aromatic carbocycles.